The van der Waals surface area contributed by atoms with E-state index in [1.165, 1.54) is 0 Å². The van der Waals surface area contributed by atoms with Crippen molar-refractivity contribution < 1.29 is 14.3 Å². The van der Waals surface area contributed by atoms with E-state index in [0.717, 1.165) is 11.1 Å². The minimum atomic E-state index is 0.0640. The average molecular weight is 356 g/mol. The summed E-state index contributed by atoms with van der Waals surface area (Å²) in [6, 6.07) is 16.1. The second kappa shape index (κ2) is 10.5. The summed E-state index contributed by atoms with van der Waals surface area (Å²) in [5.41, 5.74) is 2.19. The van der Waals surface area contributed by atoms with Crippen LogP contribution in [0.25, 0.3) is 0 Å². The smallest absolute Gasteiger partial charge is 0.221 e. The molecule has 0 atom stereocenters. The Morgan fingerprint density at radius 3 is 2.50 bits per heavy atom. The predicted octanol–water partition coefficient (Wildman–Crippen LogP) is 3.28. The van der Waals surface area contributed by atoms with Gasteiger partial charge in [0.05, 0.1) is 7.11 Å². The van der Waals surface area contributed by atoms with Crippen LogP contribution in [0.4, 0.5) is 0 Å². The van der Waals surface area contributed by atoms with Crippen LogP contribution in [0.5, 0.6) is 11.5 Å². The van der Waals surface area contributed by atoms with Crippen molar-refractivity contribution in [1.29, 1.82) is 0 Å². The molecule has 0 heterocycles. The van der Waals surface area contributed by atoms with Crippen molar-refractivity contribution in [3.63, 3.8) is 0 Å². The standard InChI is InChI=1S/C21H28N2O3/c1-16(2)23-21(24)11-12-22-14-18-9-10-19(25-3)20(13-18)26-15-17-7-5-4-6-8-17/h4-10,13,16,22H,11-12,14-15H2,1-3H3,(H,23,24). The fourth-order valence-corrected chi connectivity index (χ4v) is 2.51. The third-order valence-corrected chi connectivity index (χ3v) is 3.77. The van der Waals surface area contributed by atoms with Gasteiger partial charge in [0, 0.05) is 25.6 Å². The van der Waals surface area contributed by atoms with Crippen molar-refractivity contribution in [2.45, 2.75) is 39.5 Å². The lowest BCUT2D eigenvalue weighted by atomic mass is 10.2. The topological polar surface area (TPSA) is 59.6 Å². The van der Waals surface area contributed by atoms with Crippen LogP contribution in [0.1, 0.15) is 31.4 Å². The van der Waals surface area contributed by atoms with E-state index < -0.39 is 0 Å². The normalized spacial score (nSPS) is 10.6. The summed E-state index contributed by atoms with van der Waals surface area (Å²) < 4.78 is 11.3. The Labute approximate surface area is 155 Å². The summed E-state index contributed by atoms with van der Waals surface area (Å²) in [5.74, 6) is 1.49. The van der Waals surface area contributed by atoms with Gasteiger partial charge in [-0.2, -0.15) is 0 Å². The van der Waals surface area contributed by atoms with Gasteiger partial charge in [0.2, 0.25) is 5.91 Å². The Morgan fingerprint density at radius 2 is 1.81 bits per heavy atom. The number of ether oxygens (including phenoxy) is 2. The molecule has 0 bridgehead atoms. The summed E-state index contributed by atoms with van der Waals surface area (Å²) >= 11 is 0. The molecule has 0 radical (unpaired) electrons. The maximum atomic E-state index is 11.6. The van der Waals surface area contributed by atoms with Gasteiger partial charge >= 0.3 is 0 Å². The molecule has 26 heavy (non-hydrogen) atoms. The van der Waals surface area contributed by atoms with Crippen molar-refractivity contribution in [3.8, 4) is 11.5 Å². The molecule has 0 aromatic heterocycles. The zero-order chi connectivity index (χ0) is 18.8. The summed E-state index contributed by atoms with van der Waals surface area (Å²) in [4.78, 5) is 11.6. The van der Waals surface area contributed by atoms with E-state index in [9.17, 15) is 4.79 Å². The Hall–Kier alpha value is -2.53. The zero-order valence-electron chi connectivity index (χ0n) is 15.7. The first kappa shape index (κ1) is 19.8. The van der Waals surface area contributed by atoms with Crippen molar-refractivity contribution in [1.82, 2.24) is 10.6 Å². The highest BCUT2D eigenvalue weighted by Crippen LogP contribution is 2.28. The maximum Gasteiger partial charge on any atom is 0.221 e. The number of benzene rings is 2. The second-order valence-corrected chi connectivity index (χ2v) is 6.41. The van der Waals surface area contributed by atoms with E-state index in [1.54, 1.807) is 7.11 Å². The van der Waals surface area contributed by atoms with Gasteiger partial charge in [-0.15, -0.1) is 0 Å². The van der Waals surface area contributed by atoms with Gasteiger partial charge in [0.25, 0.3) is 0 Å². The van der Waals surface area contributed by atoms with Crippen molar-refractivity contribution in [2.24, 2.45) is 0 Å². The molecule has 0 saturated carbocycles. The van der Waals surface area contributed by atoms with Gasteiger partial charge < -0.3 is 20.1 Å². The van der Waals surface area contributed by atoms with E-state index in [1.807, 2.05) is 62.4 Å². The molecule has 0 fully saturated rings. The van der Waals surface area contributed by atoms with E-state index in [2.05, 4.69) is 10.6 Å². The molecule has 0 spiro atoms. The maximum absolute atomic E-state index is 11.6. The molecule has 2 aromatic carbocycles. The highest BCUT2D eigenvalue weighted by Gasteiger charge is 2.07. The lowest BCUT2D eigenvalue weighted by Crippen LogP contribution is -2.32. The number of carbonyl (C=O) groups excluding carboxylic acids is 1. The Kier molecular flexibility index (Phi) is 7.96. The largest absolute Gasteiger partial charge is 0.493 e. The van der Waals surface area contributed by atoms with Crippen LogP contribution in [-0.4, -0.2) is 25.6 Å². The molecule has 5 nitrogen and oxygen atoms in total. The van der Waals surface area contributed by atoms with Gasteiger partial charge in [-0.25, -0.2) is 0 Å². The first-order chi connectivity index (χ1) is 12.6. The molecule has 2 rings (SSSR count). The van der Waals surface area contributed by atoms with Crippen molar-refractivity contribution in [2.75, 3.05) is 13.7 Å². The molecular weight excluding hydrogens is 328 g/mol. The lowest BCUT2D eigenvalue weighted by molar-refractivity contribution is -0.121. The molecule has 2 N–H and O–H groups in total. The van der Waals surface area contributed by atoms with Gasteiger partial charge in [0.15, 0.2) is 11.5 Å². The van der Waals surface area contributed by atoms with E-state index >= 15 is 0 Å². The molecule has 0 aliphatic rings. The van der Waals surface area contributed by atoms with Crippen LogP contribution in [0, 0.1) is 0 Å². The van der Waals surface area contributed by atoms with Crippen LogP contribution in [0.3, 0.4) is 0 Å². The number of hydrogen-bond donors (Lipinski definition) is 2. The predicted molar refractivity (Wildman–Crippen MR) is 103 cm³/mol. The molecule has 5 heteroatoms. The number of hydrogen-bond acceptors (Lipinski definition) is 4. The lowest BCUT2D eigenvalue weighted by Gasteiger charge is -2.13. The van der Waals surface area contributed by atoms with Crippen LogP contribution < -0.4 is 20.1 Å². The summed E-state index contributed by atoms with van der Waals surface area (Å²) in [5, 5.41) is 6.17. The van der Waals surface area contributed by atoms with Crippen LogP contribution in [-0.2, 0) is 17.9 Å². The molecule has 0 aliphatic heterocycles. The minimum absolute atomic E-state index is 0.0640. The Bertz CT molecular complexity index is 687. The zero-order valence-corrected chi connectivity index (χ0v) is 15.7. The van der Waals surface area contributed by atoms with Crippen molar-refractivity contribution >= 4 is 5.91 Å². The third kappa shape index (κ3) is 6.76. The molecule has 1 amide bonds. The summed E-state index contributed by atoms with van der Waals surface area (Å²) in [6.07, 6.45) is 0.464. The van der Waals surface area contributed by atoms with E-state index in [0.29, 0.717) is 37.6 Å². The highest BCUT2D eigenvalue weighted by molar-refractivity contribution is 5.76. The second-order valence-electron chi connectivity index (χ2n) is 6.41. The van der Waals surface area contributed by atoms with E-state index in [4.69, 9.17) is 9.47 Å². The highest BCUT2D eigenvalue weighted by atomic mass is 16.5. The van der Waals surface area contributed by atoms with Crippen LogP contribution >= 0.6 is 0 Å². The van der Waals surface area contributed by atoms with Gasteiger partial charge in [-0.05, 0) is 37.1 Å². The van der Waals surface area contributed by atoms with Crippen LogP contribution in [0.2, 0.25) is 0 Å². The number of amides is 1. The number of methoxy groups -OCH3 is 1. The quantitative estimate of drug-likeness (QED) is 0.642. The summed E-state index contributed by atoms with van der Waals surface area (Å²) in [6.45, 7) is 5.70. The Balaban J connectivity index is 1.86. The van der Waals surface area contributed by atoms with Crippen molar-refractivity contribution in [3.05, 3.63) is 59.7 Å². The molecule has 2 aromatic rings. The third-order valence-electron chi connectivity index (χ3n) is 3.77. The van der Waals surface area contributed by atoms with E-state index in [-0.39, 0.29) is 11.9 Å². The SMILES string of the molecule is COc1ccc(CNCCC(=O)NC(C)C)cc1OCc1ccccc1. The number of rotatable bonds is 10. The average Bonchev–Trinajstić information content (AvgIpc) is 2.64. The minimum Gasteiger partial charge on any atom is -0.493 e. The van der Waals surface area contributed by atoms with Gasteiger partial charge in [-0.1, -0.05) is 36.4 Å². The molecule has 0 saturated heterocycles. The first-order valence-corrected chi connectivity index (χ1v) is 8.92. The molecule has 140 valence electrons. The fraction of sp³-hybridized carbons (Fsp3) is 0.381. The number of carbonyl (C=O) groups is 1. The number of nitrogens with one attached hydrogen (secondary N) is 2. The first-order valence-electron chi connectivity index (χ1n) is 8.92. The molecule has 0 unspecified atom stereocenters. The van der Waals surface area contributed by atoms with Gasteiger partial charge in [0.1, 0.15) is 6.61 Å². The fourth-order valence-electron chi connectivity index (χ4n) is 2.51. The molecular formula is C21H28N2O3. The monoisotopic (exact) mass is 356 g/mol. The Morgan fingerprint density at radius 1 is 1.04 bits per heavy atom. The van der Waals surface area contributed by atoms with Crippen LogP contribution in [0.15, 0.2) is 48.5 Å². The molecule has 0 aliphatic carbocycles. The van der Waals surface area contributed by atoms with Gasteiger partial charge in [-0.3, -0.25) is 4.79 Å². The summed E-state index contributed by atoms with van der Waals surface area (Å²) in [7, 11) is 1.63.